The molecular formula is C104H124F6N14O12. The maximum atomic E-state index is 16.7. The Morgan fingerprint density at radius 1 is 0.412 bits per heavy atom. The molecule has 6 aliphatic heterocycles. The summed E-state index contributed by atoms with van der Waals surface area (Å²) in [5.74, 6) is -1.95. The first-order valence-electron chi connectivity index (χ1n) is 48.1. The van der Waals surface area contributed by atoms with Crippen LogP contribution in [0.4, 0.5) is 26.3 Å². The largest absolute Gasteiger partial charge is 0.433 e. The third-order valence-corrected chi connectivity index (χ3v) is 29.2. The maximum absolute atomic E-state index is 16.7. The monoisotopic (exact) mass is 1870 g/mol. The van der Waals surface area contributed by atoms with Crippen molar-refractivity contribution in [1.82, 2.24) is 69.0 Å². The summed E-state index contributed by atoms with van der Waals surface area (Å²) in [4.78, 5) is 185. The number of carbonyl (C=O) groups excluding carboxylic acids is 12. The van der Waals surface area contributed by atoms with E-state index in [1.807, 2.05) is 78.8 Å². The van der Waals surface area contributed by atoms with E-state index in [0.29, 0.717) is 82.0 Å². The Labute approximate surface area is 787 Å². The molecule has 6 aromatic heterocycles. The van der Waals surface area contributed by atoms with Gasteiger partial charge in [0.25, 0.3) is 0 Å². The van der Waals surface area contributed by atoms with Crippen LogP contribution in [0, 0.1) is 43.9 Å². The van der Waals surface area contributed by atoms with Gasteiger partial charge in [0.2, 0.25) is 17.7 Å². The quantitative estimate of drug-likeness (QED) is 0.0810. The molecule has 1 saturated carbocycles. The van der Waals surface area contributed by atoms with Crippen molar-refractivity contribution >= 4 is 102 Å². The molecule has 4 fully saturated rings. The van der Waals surface area contributed by atoms with Crippen molar-refractivity contribution in [2.24, 2.45) is 16.2 Å². The molecular weight excluding hydrogens is 1750 g/mol. The normalized spacial score (nSPS) is 23.3. The number of aryl methyl sites for hydroxylation is 7. The summed E-state index contributed by atoms with van der Waals surface area (Å²) >= 11 is 0. The standard InChI is InChI=1S/C36H42F4N4O4.C34H40FN5O4.C34H42FN5O4/c1-21-15-24-9-7-6-8-13-34(4,5)30(47)12-14-35(37)18-27(28(46)17-26-22(2)10-11-29(41-26)36(38,39)40)43(20-35)31(48)19-44-33(24)25(16-21)32(42-44)23(3)45;1-4-28(42)27-16-34(35)11-9-29(43)33(12-13-33)10-7-5-6-8-23-14-24(25-17-36-22(3)37-18-25)15-26-31(21(2)41)38-40(32(23)26)19-30(44)39(27)20-34;1-6-28(42)27-16-34(35)13-11-29(43)33(4,5)12-9-7-8-10-23-14-24(25-17-36-22(3)37-18-25)15-26-31(21(2)41)38-40(32(23)26)19-30(44)39(27)20-34/h10-11,15-16,27H,6-9,12-14,17-20H2,1-5H3;14-15,17-18,27H,4-13,16,19-20H2,1-3H3;14-15,17-18,27H,6-13,16,19-20H2,1-5H3/t27-,35+;2*27-,34+/m000/s1. The van der Waals surface area contributed by atoms with E-state index in [9.17, 15) is 70.7 Å². The molecule has 3 aromatic carbocycles. The lowest BCUT2D eigenvalue weighted by Gasteiger charge is -2.26. The van der Waals surface area contributed by atoms with Gasteiger partial charge >= 0.3 is 6.18 Å². The predicted molar refractivity (Wildman–Crippen MR) is 499 cm³/mol. The van der Waals surface area contributed by atoms with Crippen LogP contribution in [0.3, 0.4) is 0 Å². The summed E-state index contributed by atoms with van der Waals surface area (Å²) in [6, 6.07) is 10.7. The second-order valence-electron chi connectivity index (χ2n) is 40.5. The Balaban J connectivity index is 0.000000163. The minimum absolute atomic E-state index is 0.00797. The van der Waals surface area contributed by atoms with Gasteiger partial charge in [0.1, 0.15) is 88.4 Å². The molecule has 0 radical (unpaired) electrons. The number of alkyl halides is 6. The number of nitrogens with zero attached hydrogens (tertiary/aromatic N) is 14. The minimum Gasteiger partial charge on any atom is -0.328 e. The van der Waals surface area contributed by atoms with E-state index in [0.717, 1.165) is 133 Å². The number of fused-ring (bicyclic) bond motifs is 6. The Bertz CT molecular complexity index is 5980. The highest BCUT2D eigenvalue weighted by Gasteiger charge is 2.55. The first kappa shape index (κ1) is 100. The molecule has 26 nitrogen and oxygen atoms in total. The van der Waals surface area contributed by atoms with E-state index in [4.69, 9.17) is 0 Å². The lowest BCUT2D eigenvalue weighted by Crippen LogP contribution is -2.43. The molecule has 3 amide bonds. The van der Waals surface area contributed by atoms with Crippen LogP contribution in [0.15, 0.2) is 73.3 Å². The average molecular weight is 1880 g/mol. The van der Waals surface area contributed by atoms with Crippen molar-refractivity contribution < 1.29 is 83.9 Å². The summed E-state index contributed by atoms with van der Waals surface area (Å²) in [6.45, 7) is 20.5. The van der Waals surface area contributed by atoms with Crippen molar-refractivity contribution in [1.29, 1.82) is 0 Å². The number of amides is 3. The topological polar surface area (TPSA) is 332 Å². The Morgan fingerprint density at radius 2 is 0.765 bits per heavy atom. The number of pyridine rings is 1. The number of ketones is 9. The number of halogens is 6. The summed E-state index contributed by atoms with van der Waals surface area (Å²) in [7, 11) is 0. The van der Waals surface area contributed by atoms with Gasteiger partial charge in [0.15, 0.2) is 34.7 Å². The van der Waals surface area contributed by atoms with Crippen molar-refractivity contribution in [3.8, 4) is 22.3 Å². The van der Waals surface area contributed by atoms with Crippen LogP contribution in [0.2, 0.25) is 0 Å². The zero-order valence-electron chi connectivity index (χ0n) is 80.3. The smallest absolute Gasteiger partial charge is 0.328 e. The first-order chi connectivity index (χ1) is 64.2. The second kappa shape index (κ2) is 40.2. The second-order valence-corrected chi connectivity index (χ2v) is 40.5. The average Bonchev–Trinajstić information content (AvgIpc) is 1.60. The van der Waals surface area contributed by atoms with Crippen molar-refractivity contribution in [2.45, 2.75) is 337 Å². The van der Waals surface area contributed by atoms with Crippen LogP contribution in [0.1, 0.15) is 305 Å². The summed E-state index contributed by atoms with van der Waals surface area (Å²) in [6.07, 6.45) is 14.9. The van der Waals surface area contributed by atoms with Crippen LogP contribution in [-0.2, 0) is 94.6 Å². The highest BCUT2D eigenvalue weighted by Crippen LogP contribution is 2.53. The maximum Gasteiger partial charge on any atom is 0.433 e. The molecule has 9 aromatic rings. The Kier molecular flexibility index (Phi) is 29.7. The molecule has 724 valence electrons. The molecule has 12 heterocycles. The molecule has 1 aliphatic carbocycles. The zero-order chi connectivity index (χ0) is 98.2. The summed E-state index contributed by atoms with van der Waals surface area (Å²) in [5, 5.41) is 15.6. The van der Waals surface area contributed by atoms with Gasteiger partial charge in [-0.1, -0.05) is 97.8 Å². The van der Waals surface area contributed by atoms with Gasteiger partial charge in [-0.05, 0) is 187 Å². The number of carbonyl (C=O) groups is 12. The fraction of sp³-hybridized carbons (Fsp3) is 0.558. The van der Waals surface area contributed by atoms with Crippen molar-refractivity contribution in [3.05, 3.63) is 141 Å². The fourth-order valence-electron chi connectivity index (χ4n) is 20.9. The third-order valence-electron chi connectivity index (χ3n) is 29.2. The Hall–Kier alpha value is -11.6. The van der Waals surface area contributed by atoms with Gasteiger partial charge in [-0.25, -0.2) is 38.1 Å². The third kappa shape index (κ3) is 22.1. The van der Waals surface area contributed by atoms with E-state index >= 15 is 13.2 Å². The van der Waals surface area contributed by atoms with Crippen LogP contribution in [0.5, 0.6) is 0 Å². The molecule has 0 unspecified atom stereocenters. The summed E-state index contributed by atoms with van der Waals surface area (Å²) < 4.78 is 94.1. The fourth-order valence-corrected chi connectivity index (χ4v) is 20.9. The van der Waals surface area contributed by atoms with Crippen LogP contribution in [0.25, 0.3) is 55.0 Å². The molecule has 3 saturated heterocycles. The lowest BCUT2D eigenvalue weighted by molar-refractivity contribution is -0.141. The highest BCUT2D eigenvalue weighted by atomic mass is 19.4. The van der Waals surface area contributed by atoms with Crippen molar-refractivity contribution in [2.75, 3.05) is 19.6 Å². The number of aromatic nitrogens is 11. The van der Waals surface area contributed by atoms with E-state index < -0.39 is 101 Å². The molecule has 7 aliphatic rings. The number of benzene rings is 3. The minimum atomic E-state index is -4.72. The van der Waals surface area contributed by atoms with E-state index in [2.05, 4.69) is 46.3 Å². The zero-order valence-corrected chi connectivity index (χ0v) is 80.3. The molecule has 136 heavy (non-hydrogen) atoms. The Morgan fingerprint density at radius 3 is 1.12 bits per heavy atom. The van der Waals surface area contributed by atoms with Gasteiger partial charge in [-0.2, -0.15) is 28.5 Å². The van der Waals surface area contributed by atoms with Gasteiger partial charge < -0.3 is 14.7 Å². The molecule has 6 bridgehead atoms. The molecule has 1 spiro atoms. The van der Waals surface area contributed by atoms with Crippen molar-refractivity contribution in [3.63, 3.8) is 0 Å². The van der Waals surface area contributed by atoms with Gasteiger partial charge in [-0.3, -0.25) is 71.6 Å². The number of hydrogen-bond acceptors (Lipinski definition) is 20. The highest BCUT2D eigenvalue weighted by molar-refractivity contribution is 6.09. The van der Waals surface area contributed by atoms with E-state index in [1.54, 1.807) is 48.0 Å². The van der Waals surface area contributed by atoms with Gasteiger partial charge in [-0.15, -0.1) is 0 Å². The van der Waals surface area contributed by atoms with Crippen LogP contribution < -0.4 is 0 Å². The van der Waals surface area contributed by atoms with Gasteiger partial charge in [0, 0.05) is 140 Å². The predicted octanol–water partition coefficient (Wildman–Crippen LogP) is 18.2. The summed E-state index contributed by atoms with van der Waals surface area (Å²) in [5.41, 5.74) is 1.47. The molecule has 0 N–H and O–H groups in total. The molecule has 6 atom stereocenters. The number of Topliss-reactive ketones (excluding diaryl/α,β-unsaturated/α-hetero) is 9. The SMILES string of the molecule is CC(=O)c1nn2c3c(cc(C)cc13)CCCCCC(C)(C)C(=O)CC[C@@]1(F)C[C@@H](C(=O)Cc3nc(C(F)(F)F)ccc3C)N(C1)C(=O)C2.CCC(=O)[C@@H]1C[C@]2(F)CCC(=O)C(C)(C)CCCCCc3cc(-c4cnc(C)nc4)cc4c(C(C)=O)nn(c34)CC(=O)N1C2.CCC(=O)[C@@H]1C[C@]2(F)CCC(=O)C3(CCCCCc4cc(-c5cnc(C)nc5)cc5c(C(C)=O)nn(c45)CC(=O)N1C2)CC3. The van der Waals surface area contributed by atoms with E-state index in [-0.39, 0.29) is 171 Å². The lowest BCUT2D eigenvalue weighted by atomic mass is 9.79. The number of rotatable bonds is 12. The molecule has 32 heteroatoms. The number of hydrogen-bond donors (Lipinski definition) is 0. The van der Waals surface area contributed by atoms with Gasteiger partial charge in [0.05, 0.1) is 66.4 Å². The van der Waals surface area contributed by atoms with Crippen LogP contribution >= 0.6 is 0 Å². The first-order valence-corrected chi connectivity index (χ1v) is 48.1. The van der Waals surface area contributed by atoms with Crippen LogP contribution in [-0.4, -0.2) is 193 Å². The molecule has 16 rings (SSSR count). The van der Waals surface area contributed by atoms with E-state index in [1.165, 1.54) is 48.2 Å².